The zero-order valence-electron chi connectivity index (χ0n) is 8.69. The van der Waals surface area contributed by atoms with Crippen molar-refractivity contribution in [3.8, 4) is 0 Å². The predicted octanol–water partition coefficient (Wildman–Crippen LogP) is 2.94. The Morgan fingerprint density at radius 1 is 1.40 bits per heavy atom. The van der Waals surface area contributed by atoms with E-state index in [-0.39, 0.29) is 6.10 Å². The quantitative estimate of drug-likeness (QED) is 0.896. The van der Waals surface area contributed by atoms with E-state index in [1.54, 1.807) is 0 Å². The molecule has 0 aliphatic heterocycles. The molecule has 1 heterocycles. The van der Waals surface area contributed by atoms with Crippen LogP contribution < -0.4 is 0 Å². The Labute approximate surface area is 98.9 Å². The van der Waals surface area contributed by atoms with E-state index in [1.165, 1.54) is 6.42 Å². The standard InChI is InChI=1S/C12H16BrNO/c13-10-4-5-11(14-8-10)6-9-2-1-3-12(15)7-9/h4-5,8-9,12,15H,1-3,6-7H2. The van der Waals surface area contributed by atoms with Gasteiger partial charge in [0.2, 0.25) is 0 Å². The fraction of sp³-hybridized carbons (Fsp3) is 0.583. The van der Waals surface area contributed by atoms with E-state index >= 15 is 0 Å². The van der Waals surface area contributed by atoms with Crippen molar-refractivity contribution in [2.75, 3.05) is 0 Å². The number of halogens is 1. The molecule has 2 unspecified atom stereocenters. The van der Waals surface area contributed by atoms with Crippen LogP contribution in [0.5, 0.6) is 0 Å². The van der Waals surface area contributed by atoms with Crippen LogP contribution in [0.1, 0.15) is 31.4 Å². The van der Waals surface area contributed by atoms with Crippen LogP contribution in [-0.4, -0.2) is 16.2 Å². The topological polar surface area (TPSA) is 33.1 Å². The molecule has 1 fully saturated rings. The summed E-state index contributed by atoms with van der Waals surface area (Å²) in [5.41, 5.74) is 1.14. The minimum absolute atomic E-state index is 0.0841. The Hall–Kier alpha value is -0.410. The van der Waals surface area contributed by atoms with Gasteiger partial charge in [-0.25, -0.2) is 0 Å². The summed E-state index contributed by atoms with van der Waals surface area (Å²) < 4.78 is 1.02. The molecule has 0 saturated heterocycles. The number of nitrogens with zero attached hydrogens (tertiary/aromatic N) is 1. The molecular formula is C12H16BrNO. The van der Waals surface area contributed by atoms with Gasteiger partial charge in [-0.2, -0.15) is 0 Å². The van der Waals surface area contributed by atoms with Crippen molar-refractivity contribution in [2.24, 2.45) is 5.92 Å². The van der Waals surface area contributed by atoms with Gasteiger partial charge in [0.05, 0.1) is 6.10 Å². The van der Waals surface area contributed by atoms with Gasteiger partial charge in [0.15, 0.2) is 0 Å². The maximum absolute atomic E-state index is 9.57. The van der Waals surface area contributed by atoms with E-state index in [2.05, 4.69) is 27.0 Å². The van der Waals surface area contributed by atoms with Crippen molar-refractivity contribution in [3.05, 3.63) is 28.5 Å². The average molecular weight is 270 g/mol. The van der Waals surface area contributed by atoms with E-state index in [0.717, 1.165) is 35.8 Å². The van der Waals surface area contributed by atoms with Crippen molar-refractivity contribution < 1.29 is 5.11 Å². The lowest BCUT2D eigenvalue weighted by Gasteiger charge is -2.25. The highest BCUT2D eigenvalue weighted by Gasteiger charge is 2.20. The molecule has 0 spiro atoms. The highest BCUT2D eigenvalue weighted by Crippen LogP contribution is 2.26. The lowest BCUT2D eigenvalue weighted by molar-refractivity contribution is 0.101. The molecule has 2 nitrogen and oxygen atoms in total. The van der Waals surface area contributed by atoms with Crippen molar-refractivity contribution in [1.29, 1.82) is 0 Å². The van der Waals surface area contributed by atoms with Crippen LogP contribution in [0.3, 0.4) is 0 Å². The summed E-state index contributed by atoms with van der Waals surface area (Å²) in [5.74, 6) is 0.613. The Kier molecular flexibility index (Phi) is 3.76. The number of pyridine rings is 1. The first-order valence-electron chi connectivity index (χ1n) is 5.52. The van der Waals surface area contributed by atoms with Crippen LogP contribution in [0.4, 0.5) is 0 Å². The fourth-order valence-electron chi connectivity index (χ4n) is 2.27. The number of hydrogen-bond donors (Lipinski definition) is 1. The number of rotatable bonds is 2. The Balaban J connectivity index is 1.93. The molecule has 0 aromatic carbocycles. The van der Waals surface area contributed by atoms with Crippen LogP contribution in [0.2, 0.25) is 0 Å². The highest BCUT2D eigenvalue weighted by atomic mass is 79.9. The summed E-state index contributed by atoms with van der Waals surface area (Å²) in [6.45, 7) is 0. The van der Waals surface area contributed by atoms with Gasteiger partial charge in [0.1, 0.15) is 0 Å². The van der Waals surface area contributed by atoms with E-state index < -0.39 is 0 Å². The molecular weight excluding hydrogens is 254 g/mol. The molecule has 82 valence electrons. The monoisotopic (exact) mass is 269 g/mol. The molecule has 3 heteroatoms. The maximum Gasteiger partial charge on any atom is 0.0543 e. The average Bonchev–Trinajstić information content (AvgIpc) is 2.22. The Morgan fingerprint density at radius 3 is 2.93 bits per heavy atom. The lowest BCUT2D eigenvalue weighted by atomic mass is 9.84. The first-order chi connectivity index (χ1) is 7.24. The minimum atomic E-state index is -0.0841. The third-order valence-corrected chi connectivity index (χ3v) is 3.51. The number of aromatic nitrogens is 1. The zero-order chi connectivity index (χ0) is 10.7. The molecule has 1 aromatic rings. The molecule has 1 aliphatic carbocycles. The maximum atomic E-state index is 9.57. The second kappa shape index (κ2) is 5.08. The first kappa shape index (κ1) is 11.1. The van der Waals surface area contributed by atoms with Gasteiger partial charge in [0, 0.05) is 16.4 Å². The SMILES string of the molecule is OC1CCCC(Cc2ccc(Br)cn2)C1. The smallest absolute Gasteiger partial charge is 0.0543 e. The van der Waals surface area contributed by atoms with Crippen LogP contribution >= 0.6 is 15.9 Å². The minimum Gasteiger partial charge on any atom is -0.393 e. The van der Waals surface area contributed by atoms with Gasteiger partial charge < -0.3 is 5.11 Å². The normalized spacial score (nSPS) is 26.5. The third kappa shape index (κ3) is 3.28. The molecule has 1 aliphatic rings. The largest absolute Gasteiger partial charge is 0.393 e. The molecule has 0 radical (unpaired) electrons. The van der Waals surface area contributed by atoms with Crippen LogP contribution in [-0.2, 0) is 6.42 Å². The van der Waals surface area contributed by atoms with Crippen LogP contribution in [0, 0.1) is 5.92 Å². The van der Waals surface area contributed by atoms with E-state index in [4.69, 9.17) is 0 Å². The van der Waals surface area contributed by atoms with E-state index in [1.807, 2.05) is 12.3 Å². The molecule has 1 saturated carbocycles. The molecule has 2 rings (SSSR count). The molecule has 0 amide bonds. The molecule has 1 N–H and O–H groups in total. The summed E-state index contributed by atoms with van der Waals surface area (Å²) in [5, 5.41) is 9.57. The Bertz CT molecular complexity index is 312. The molecule has 15 heavy (non-hydrogen) atoms. The summed E-state index contributed by atoms with van der Waals surface area (Å²) in [4.78, 5) is 4.37. The van der Waals surface area contributed by atoms with Crippen LogP contribution in [0.25, 0.3) is 0 Å². The number of hydrogen-bond acceptors (Lipinski definition) is 2. The second-order valence-corrected chi connectivity index (χ2v) is 5.27. The summed E-state index contributed by atoms with van der Waals surface area (Å²) >= 11 is 3.38. The van der Waals surface area contributed by atoms with E-state index in [9.17, 15) is 5.11 Å². The second-order valence-electron chi connectivity index (χ2n) is 4.36. The van der Waals surface area contributed by atoms with Crippen molar-refractivity contribution >= 4 is 15.9 Å². The lowest BCUT2D eigenvalue weighted by Crippen LogP contribution is -2.21. The van der Waals surface area contributed by atoms with E-state index in [0.29, 0.717) is 5.92 Å². The van der Waals surface area contributed by atoms with Gasteiger partial charge in [-0.1, -0.05) is 6.42 Å². The van der Waals surface area contributed by atoms with Gasteiger partial charge in [-0.05, 0) is 59.7 Å². The molecule has 1 aromatic heterocycles. The van der Waals surface area contributed by atoms with Crippen LogP contribution in [0.15, 0.2) is 22.8 Å². The molecule has 0 bridgehead atoms. The van der Waals surface area contributed by atoms with Gasteiger partial charge >= 0.3 is 0 Å². The summed E-state index contributed by atoms with van der Waals surface area (Å²) in [6, 6.07) is 4.09. The highest BCUT2D eigenvalue weighted by molar-refractivity contribution is 9.10. The Morgan fingerprint density at radius 2 is 2.27 bits per heavy atom. The van der Waals surface area contributed by atoms with Gasteiger partial charge in [0.25, 0.3) is 0 Å². The van der Waals surface area contributed by atoms with Crippen molar-refractivity contribution in [3.63, 3.8) is 0 Å². The fourth-order valence-corrected chi connectivity index (χ4v) is 2.51. The zero-order valence-corrected chi connectivity index (χ0v) is 10.3. The van der Waals surface area contributed by atoms with Crippen molar-refractivity contribution in [1.82, 2.24) is 4.98 Å². The summed E-state index contributed by atoms with van der Waals surface area (Å²) in [7, 11) is 0. The van der Waals surface area contributed by atoms with Crippen molar-refractivity contribution in [2.45, 2.75) is 38.2 Å². The first-order valence-corrected chi connectivity index (χ1v) is 6.32. The summed E-state index contributed by atoms with van der Waals surface area (Å²) in [6.07, 6.45) is 7.07. The number of aliphatic hydroxyl groups is 1. The number of aliphatic hydroxyl groups excluding tert-OH is 1. The molecule has 2 atom stereocenters. The van der Waals surface area contributed by atoms with Gasteiger partial charge in [-0.3, -0.25) is 4.98 Å². The third-order valence-electron chi connectivity index (χ3n) is 3.04. The van der Waals surface area contributed by atoms with Gasteiger partial charge in [-0.15, -0.1) is 0 Å². The predicted molar refractivity (Wildman–Crippen MR) is 63.6 cm³/mol.